The van der Waals surface area contributed by atoms with Gasteiger partial charge >= 0.3 is 5.97 Å². The van der Waals surface area contributed by atoms with Gasteiger partial charge in [-0.2, -0.15) is 0 Å². The Kier molecular flexibility index (Phi) is 5.55. The largest absolute Gasteiger partial charge is 0.478 e. The zero-order valence-electron chi connectivity index (χ0n) is 12.9. The molecule has 0 radical (unpaired) electrons. The number of rotatable bonds is 8. The van der Waals surface area contributed by atoms with E-state index in [1.807, 2.05) is 0 Å². The summed E-state index contributed by atoms with van der Waals surface area (Å²) in [5, 5.41) is 12.0. The van der Waals surface area contributed by atoms with E-state index in [0.717, 1.165) is 31.4 Å². The molecular formula is C17H23NO4. The number of benzene rings is 1. The molecule has 5 heteroatoms. The Bertz CT molecular complexity index is 537. The van der Waals surface area contributed by atoms with Crippen molar-refractivity contribution in [2.45, 2.75) is 32.1 Å². The molecular weight excluding hydrogens is 282 g/mol. The highest BCUT2D eigenvalue weighted by Gasteiger charge is 2.36. The van der Waals surface area contributed by atoms with E-state index < -0.39 is 5.97 Å². The molecule has 0 aromatic heterocycles. The minimum absolute atomic E-state index is 0.0637. The Morgan fingerprint density at radius 1 is 1.36 bits per heavy atom. The van der Waals surface area contributed by atoms with Gasteiger partial charge in [-0.3, -0.25) is 4.79 Å². The summed E-state index contributed by atoms with van der Waals surface area (Å²) in [7, 11) is 1.69. The summed E-state index contributed by atoms with van der Waals surface area (Å²) in [6.07, 6.45) is 4.65. The Morgan fingerprint density at radius 3 is 2.73 bits per heavy atom. The van der Waals surface area contributed by atoms with E-state index in [1.165, 1.54) is 12.5 Å². The van der Waals surface area contributed by atoms with Crippen molar-refractivity contribution in [3.8, 4) is 0 Å². The molecule has 0 saturated heterocycles. The SMILES string of the molecule is COCCC1(CNC(=O)Cc2cccc(C(=O)O)c2)CCC1. The van der Waals surface area contributed by atoms with E-state index in [9.17, 15) is 9.59 Å². The Hall–Kier alpha value is -1.88. The zero-order valence-corrected chi connectivity index (χ0v) is 12.9. The molecule has 1 aliphatic carbocycles. The first-order valence-electron chi connectivity index (χ1n) is 7.63. The minimum atomic E-state index is -0.977. The fourth-order valence-corrected chi connectivity index (χ4v) is 2.86. The number of carboxylic acid groups (broad SMARTS) is 1. The number of aromatic carboxylic acids is 1. The van der Waals surface area contributed by atoms with Crippen LogP contribution < -0.4 is 5.32 Å². The first-order valence-corrected chi connectivity index (χ1v) is 7.63. The smallest absolute Gasteiger partial charge is 0.335 e. The van der Waals surface area contributed by atoms with Gasteiger partial charge < -0.3 is 15.2 Å². The summed E-state index contributed by atoms with van der Waals surface area (Å²) in [6.45, 7) is 1.39. The van der Waals surface area contributed by atoms with Crippen LogP contribution in [0.4, 0.5) is 0 Å². The predicted octanol–water partition coefficient (Wildman–Crippen LogP) is 2.25. The summed E-state index contributed by atoms with van der Waals surface area (Å²) in [5.41, 5.74) is 1.12. The third-order valence-electron chi connectivity index (χ3n) is 4.45. The van der Waals surface area contributed by atoms with Gasteiger partial charge in [-0.15, -0.1) is 0 Å². The number of hydrogen-bond acceptors (Lipinski definition) is 3. The van der Waals surface area contributed by atoms with Crippen molar-refractivity contribution in [2.75, 3.05) is 20.3 Å². The van der Waals surface area contributed by atoms with Crippen molar-refractivity contribution < 1.29 is 19.4 Å². The molecule has 22 heavy (non-hydrogen) atoms. The van der Waals surface area contributed by atoms with E-state index >= 15 is 0 Å². The third-order valence-corrected chi connectivity index (χ3v) is 4.45. The third kappa shape index (κ3) is 4.31. The van der Waals surface area contributed by atoms with Gasteiger partial charge in [-0.25, -0.2) is 4.79 Å². The lowest BCUT2D eigenvalue weighted by Gasteiger charge is -2.42. The van der Waals surface area contributed by atoms with Gasteiger partial charge in [-0.1, -0.05) is 18.6 Å². The number of ether oxygens (including phenoxy) is 1. The monoisotopic (exact) mass is 305 g/mol. The second kappa shape index (κ2) is 7.40. The van der Waals surface area contributed by atoms with Crippen molar-refractivity contribution in [1.29, 1.82) is 0 Å². The number of methoxy groups -OCH3 is 1. The van der Waals surface area contributed by atoms with E-state index in [4.69, 9.17) is 9.84 Å². The molecule has 1 aromatic carbocycles. The molecule has 1 amide bonds. The quantitative estimate of drug-likeness (QED) is 0.772. The summed E-state index contributed by atoms with van der Waals surface area (Å²) in [6, 6.07) is 6.51. The number of amides is 1. The summed E-state index contributed by atoms with van der Waals surface area (Å²) in [4.78, 5) is 23.0. The van der Waals surface area contributed by atoms with E-state index in [1.54, 1.807) is 25.3 Å². The van der Waals surface area contributed by atoms with Gasteiger partial charge in [0.15, 0.2) is 0 Å². The number of hydrogen-bond donors (Lipinski definition) is 2. The lowest BCUT2D eigenvalue weighted by molar-refractivity contribution is -0.121. The lowest BCUT2D eigenvalue weighted by atomic mass is 9.66. The molecule has 0 spiro atoms. The molecule has 1 saturated carbocycles. The van der Waals surface area contributed by atoms with Crippen molar-refractivity contribution >= 4 is 11.9 Å². The average molecular weight is 305 g/mol. The maximum Gasteiger partial charge on any atom is 0.335 e. The van der Waals surface area contributed by atoms with Gasteiger partial charge in [0, 0.05) is 20.3 Å². The van der Waals surface area contributed by atoms with Gasteiger partial charge in [0.25, 0.3) is 0 Å². The first-order chi connectivity index (χ1) is 10.5. The standard InChI is InChI=1S/C17H23NO4/c1-22-9-8-17(6-3-7-17)12-18-15(19)11-13-4-2-5-14(10-13)16(20)21/h2,4-5,10H,3,6-9,11-12H2,1H3,(H,18,19)(H,20,21). The molecule has 1 aliphatic rings. The molecule has 2 rings (SSSR count). The Labute approximate surface area is 130 Å². The number of carbonyl (C=O) groups excluding carboxylic acids is 1. The van der Waals surface area contributed by atoms with Crippen LogP contribution in [0.25, 0.3) is 0 Å². The van der Waals surface area contributed by atoms with Crippen molar-refractivity contribution in [2.24, 2.45) is 5.41 Å². The Balaban J connectivity index is 1.85. The fraction of sp³-hybridized carbons (Fsp3) is 0.529. The topological polar surface area (TPSA) is 75.6 Å². The summed E-state index contributed by atoms with van der Waals surface area (Å²) in [5.74, 6) is -1.04. The van der Waals surface area contributed by atoms with E-state index in [2.05, 4.69) is 5.32 Å². The fourth-order valence-electron chi connectivity index (χ4n) is 2.86. The molecule has 1 aromatic rings. The van der Waals surface area contributed by atoms with Crippen LogP contribution >= 0.6 is 0 Å². The van der Waals surface area contributed by atoms with Crippen molar-refractivity contribution in [3.05, 3.63) is 35.4 Å². The molecule has 0 bridgehead atoms. The predicted molar refractivity (Wildman–Crippen MR) is 82.9 cm³/mol. The van der Waals surface area contributed by atoms with Crippen LogP contribution in [0.5, 0.6) is 0 Å². The molecule has 0 unspecified atom stereocenters. The van der Waals surface area contributed by atoms with Crippen molar-refractivity contribution in [1.82, 2.24) is 5.32 Å². The van der Waals surface area contributed by atoms with Crippen LogP contribution in [-0.2, 0) is 16.0 Å². The van der Waals surface area contributed by atoms with E-state index in [0.29, 0.717) is 6.54 Å². The number of carbonyl (C=O) groups is 2. The summed E-state index contributed by atoms with van der Waals surface area (Å²) >= 11 is 0. The minimum Gasteiger partial charge on any atom is -0.478 e. The normalized spacial score (nSPS) is 15.9. The second-order valence-corrected chi connectivity index (χ2v) is 6.06. The van der Waals surface area contributed by atoms with Crippen LogP contribution in [-0.4, -0.2) is 37.2 Å². The first kappa shape index (κ1) is 16.5. The molecule has 2 N–H and O–H groups in total. The maximum absolute atomic E-state index is 12.1. The maximum atomic E-state index is 12.1. The molecule has 0 aliphatic heterocycles. The van der Waals surface area contributed by atoms with Crippen LogP contribution in [0.1, 0.15) is 41.6 Å². The van der Waals surface area contributed by atoms with Crippen LogP contribution in [0, 0.1) is 5.41 Å². The van der Waals surface area contributed by atoms with Crippen molar-refractivity contribution in [3.63, 3.8) is 0 Å². The van der Waals surface area contributed by atoms with Crippen LogP contribution in [0.3, 0.4) is 0 Å². The molecule has 0 heterocycles. The van der Waals surface area contributed by atoms with Gasteiger partial charge in [0.1, 0.15) is 0 Å². The summed E-state index contributed by atoms with van der Waals surface area (Å²) < 4.78 is 5.14. The highest BCUT2D eigenvalue weighted by molar-refractivity contribution is 5.88. The Morgan fingerprint density at radius 2 is 2.14 bits per heavy atom. The van der Waals surface area contributed by atoms with Gasteiger partial charge in [0.05, 0.1) is 12.0 Å². The average Bonchev–Trinajstić information content (AvgIpc) is 2.46. The highest BCUT2D eigenvalue weighted by Crippen LogP contribution is 2.43. The van der Waals surface area contributed by atoms with Gasteiger partial charge in [0.2, 0.25) is 5.91 Å². The van der Waals surface area contributed by atoms with Gasteiger partial charge in [-0.05, 0) is 42.4 Å². The van der Waals surface area contributed by atoms with E-state index in [-0.39, 0.29) is 23.3 Å². The molecule has 5 nitrogen and oxygen atoms in total. The lowest BCUT2D eigenvalue weighted by Crippen LogP contribution is -2.43. The molecule has 0 atom stereocenters. The van der Waals surface area contributed by atoms with Crippen LogP contribution in [0.15, 0.2) is 24.3 Å². The molecule has 1 fully saturated rings. The van der Waals surface area contributed by atoms with Crippen LogP contribution in [0.2, 0.25) is 0 Å². The molecule has 120 valence electrons. The zero-order chi connectivity index (χ0) is 16.0. The highest BCUT2D eigenvalue weighted by atomic mass is 16.5. The number of carboxylic acids is 1. The second-order valence-electron chi connectivity index (χ2n) is 6.06. The number of nitrogens with one attached hydrogen (secondary N) is 1.